The van der Waals surface area contributed by atoms with Crippen molar-refractivity contribution in [3.63, 3.8) is 0 Å². The lowest BCUT2D eigenvalue weighted by Crippen LogP contribution is -2.30. The average Bonchev–Trinajstić information content (AvgIpc) is 3.28. The zero-order valence-corrected chi connectivity index (χ0v) is 21.6. The molecule has 180 valence electrons. The van der Waals surface area contributed by atoms with E-state index in [4.69, 9.17) is 11.6 Å². The molecule has 35 heavy (non-hydrogen) atoms. The van der Waals surface area contributed by atoms with E-state index in [1.165, 1.54) is 35.7 Å². The van der Waals surface area contributed by atoms with E-state index in [2.05, 4.69) is 15.5 Å². The molecular weight excluding hydrogens is 503 g/mol. The standard InChI is InChI=1S/C26H24ClFN4OS2/c1-17-8-11-20(27)14-23(17)32-25(18(2)29-24(33)16-34-22-6-4-3-5-7-22)30-31-26(32)35-15-19-9-12-21(28)13-10-19/h3-14,18H,15-16H2,1-2H3,(H,29,33). The number of carbonyl (C=O) groups excluding carboxylic acids is 1. The Morgan fingerprint density at radius 1 is 1.06 bits per heavy atom. The Labute approximate surface area is 217 Å². The number of aryl methyl sites for hydroxylation is 1. The first-order chi connectivity index (χ1) is 16.9. The second kappa shape index (κ2) is 11.7. The van der Waals surface area contributed by atoms with Crippen LogP contribution in [0.4, 0.5) is 4.39 Å². The van der Waals surface area contributed by atoms with Crippen molar-refractivity contribution < 1.29 is 9.18 Å². The highest BCUT2D eigenvalue weighted by Crippen LogP contribution is 2.30. The number of aromatic nitrogens is 3. The van der Waals surface area contributed by atoms with E-state index < -0.39 is 0 Å². The third kappa shape index (κ3) is 6.66. The van der Waals surface area contributed by atoms with Crippen molar-refractivity contribution in [1.82, 2.24) is 20.1 Å². The number of benzene rings is 3. The van der Waals surface area contributed by atoms with Gasteiger partial charge in [0.05, 0.1) is 17.5 Å². The van der Waals surface area contributed by atoms with Crippen LogP contribution in [-0.4, -0.2) is 26.4 Å². The molecule has 1 atom stereocenters. The summed E-state index contributed by atoms with van der Waals surface area (Å²) in [6.07, 6.45) is 0. The van der Waals surface area contributed by atoms with Crippen molar-refractivity contribution in [3.05, 3.63) is 101 Å². The molecule has 0 bridgehead atoms. The van der Waals surface area contributed by atoms with Gasteiger partial charge in [-0.15, -0.1) is 22.0 Å². The quantitative estimate of drug-likeness (QED) is 0.248. The van der Waals surface area contributed by atoms with Crippen LogP contribution in [0, 0.1) is 12.7 Å². The van der Waals surface area contributed by atoms with Gasteiger partial charge in [-0.2, -0.15) is 0 Å². The Balaban J connectivity index is 1.56. The minimum absolute atomic E-state index is 0.0933. The van der Waals surface area contributed by atoms with E-state index in [-0.39, 0.29) is 17.8 Å². The van der Waals surface area contributed by atoms with Gasteiger partial charge >= 0.3 is 0 Å². The summed E-state index contributed by atoms with van der Waals surface area (Å²) in [5, 5.41) is 13.1. The van der Waals surface area contributed by atoms with E-state index in [9.17, 15) is 9.18 Å². The predicted molar refractivity (Wildman–Crippen MR) is 141 cm³/mol. The van der Waals surface area contributed by atoms with Gasteiger partial charge in [-0.25, -0.2) is 4.39 Å². The molecule has 1 heterocycles. The maximum absolute atomic E-state index is 13.3. The molecule has 0 fully saturated rings. The van der Waals surface area contributed by atoms with Crippen LogP contribution in [0.1, 0.15) is 29.9 Å². The first-order valence-corrected chi connectivity index (χ1v) is 13.3. The number of thioether (sulfide) groups is 2. The Hall–Kier alpha value is -2.81. The Bertz CT molecular complexity index is 1300. The van der Waals surface area contributed by atoms with E-state index in [1.807, 2.05) is 66.9 Å². The third-order valence-corrected chi connectivity index (χ3v) is 7.48. The second-order valence-electron chi connectivity index (χ2n) is 7.91. The van der Waals surface area contributed by atoms with Crippen molar-refractivity contribution in [3.8, 4) is 5.69 Å². The van der Waals surface area contributed by atoms with Crippen molar-refractivity contribution >= 4 is 41.0 Å². The largest absolute Gasteiger partial charge is 0.346 e. The molecule has 0 aliphatic rings. The molecule has 1 aromatic heterocycles. The van der Waals surface area contributed by atoms with Crippen LogP contribution >= 0.6 is 35.1 Å². The monoisotopic (exact) mass is 526 g/mol. The summed E-state index contributed by atoms with van der Waals surface area (Å²) in [5.41, 5.74) is 2.81. The Kier molecular flexibility index (Phi) is 8.49. The van der Waals surface area contributed by atoms with Crippen molar-refractivity contribution in [2.45, 2.75) is 35.7 Å². The van der Waals surface area contributed by atoms with Gasteiger partial charge in [-0.1, -0.05) is 59.8 Å². The topological polar surface area (TPSA) is 59.8 Å². The summed E-state index contributed by atoms with van der Waals surface area (Å²) in [7, 11) is 0. The maximum Gasteiger partial charge on any atom is 0.230 e. The van der Waals surface area contributed by atoms with E-state index >= 15 is 0 Å². The highest BCUT2D eigenvalue weighted by Gasteiger charge is 2.22. The summed E-state index contributed by atoms with van der Waals surface area (Å²) in [6, 6.07) is 21.4. The number of carbonyl (C=O) groups is 1. The van der Waals surface area contributed by atoms with Crippen LogP contribution in [0.15, 0.2) is 82.8 Å². The number of nitrogens with one attached hydrogen (secondary N) is 1. The fourth-order valence-electron chi connectivity index (χ4n) is 3.45. The van der Waals surface area contributed by atoms with Gasteiger partial charge in [-0.3, -0.25) is 9.36 Å². The molecule has 0 spiro atoms. The minimum Gasteiger partial charge on any atom is -0.346 e. The number of hydrogen-bond donors (Lipinski definition) is 1. The van der Waals surface area contributed by atoms with Crippen LogP contribution in [-0.2, 0) is 10.5 Å². The Morgan fingerprint density at radius 3 is 2.54 bits per heavy atom. The lowest BCUT2D eigenvalue weighted by atomic mass is 10.2. The number of rotatable bonds is 9. The molecule has 0 radical (unpaired) electrons. The normalized spacial score (nSPS) is 11.9. The van der Waals surface area contributed by atoms with Crippen molar-refractivity contribution in [1.29, 1.82) is 0 Å². The maximum atomic E-state index is 13.3. The predicted octanol–water partition coefficient (Wildman–Crippen LogP) is 6.63. The lowest BCUT2D eigenvalue weighted by Gasteiger charge is -2.18. The summed E-state index contributed by atoms with van der Waals surface area (Å²) >= 11 is 9.29. The molecule has 5 nitrogen and oxygen atoms in total. The van der Waals surface area contributed by atoms with Gasteiger partial charge in [0.2, 0.25) is 5.91 Å². The first-order valence-electron chi connectivity index (χ1n) is 11.0. The molecule has 4 rings (SSSR count). The molecule has 0 aliphatic carbocycles. The molecular formula is C26H24ClFN4OS2. The number of halogens is 2. The van der Waals surface area contributed by atoms with E-state index in [0.717, 1.165) is 21.7 Å². The van der Waals surface area contributed by atoms with Gasteiger partial charge in [0.25, 0.3) is 0 Å². The minimum atomic E-state index is -0.384. The molecule has 3 aromatic carbocycles. The number of amides is 1. The van der Waals surface area contributed by atoms with Crippen LogP contribution in [0.3, 0.4) is 0 Å². The molecule has 1 amide bonds. The molecule has 4 aromatic rings. The van der Waals surface area contributed by atoms with Crippen LogP contribution < -0.4 is 5.32 Å². The van der Waals surface area contributed by atoms with Gasteiger partial charge in [0, 0.05) is 15.7 Å². The molecule has 9 heteroatoms. The molecule has 1 unspecified atom stereocenters. The fourth-order valence-corrected chi connectivity index (χ4v) is 5.25. The smallest absolute Gasteiger partial charge is 0.230 e. The van der Waals surface area contributed by atoms with Gasteiger partial charge in [-0.05, 0) is 61.4 Å². The Morgan fingerprint density at radius 2 is 1.80 bits per heavy atom. The van der Waals surface area contributed by atoms with Crippen molar-refractivity contribution in [2.24, 2.45) is 0 Å². The van der Waals surface area contributed by atoms with Crippen LogP contribution in [0.5, 0.6) is 0 Å². The summed E-state index contributed by atoms with van der Waals surface area (Å²) < 4.78 is 15.2. The van der Waals surface area contributed by atoms with Gasteiger partial charge < -0.3 is 5.32 Å². The van der Waals surface area contributed by atoms with Gasteiger partial charge in [0.15, 0.2) is 11.0 Å². The van der Waals surface area contributed by atoms with Gasteiger partial charge in [0.1, 0.15) is 5.82 Å². The van der Waals surface area contributed by atoms with Crippen LogP contribution in [0.2, 0.25) is 5.02 Å². The molecule has 1 N–H and O–H groups in total. The number of hydrogen-bond acceptors (Lipinski definition) is 5. The summed E-state index contributed by atoms with van der Waals surface area (Å²) in [5.74, 6) is 1.13. The first kappa shape index (κ1) is 25.3. The number of nitrogens with zero attached hydrogens (tertiary/aromatic N) is 3. The van der Waals surface area contributed by atoms with Crippen molar-refractivity contribution in [2.75, 3.05) is 5.75 Å². The lowest BCUT2D eigenvalue weighted by molar-refractivity contribution is -0.119. The zero-order chi connectivity index (χ0) is 24.8. The summed E-state index contributed by atoms with van der Waals surface area (Å²) in [4.78, 5) is 13.7. The molecule has 0 saturated carbocycles. The highest BCUT2D eigenvalue weighted by molar-refractivity contribution is 8.00. The average molecular weight is 527 g/mol. The molecule has 0 aliphatic heterocycles. The third-order valence-electron chi connectivity index (χ3n) is 5.23. The summed E-state index contributed by atoms with van der Waals surface area (Å²) in [6.45, 7) is 3.88. The fraction of sp³-hybridized carbons (Fsp3) is 0.192. The zero-order valence-electron chi connectivity index (χ0n) is 19.2. The highest BCUT2D eigenvalue weighted by atomic mass is 35.5. The molecule has 0 saturated heterocycles. The van der Waals surface area contributed by atoms with E-state index in [1.54, 1.807) is 12.1 Å². The second-order valence-corrected chi connectivity index (χ2v) is 10.3. The SMILES string of the molecule is Cc1ccc(Cl)cc1-n1c(SCc2ccc(F)cc2)nnc1C(C)NC(=O)CSc1ccccc1. The van der Waals surface area contributed by atoms with Crippen LogP contribution in [0.25, 0.3) is 5.69 Å². The van der Waals surface area contributed by atoms with E-state index in [0.29, 0.717) is 27.5 Å².